The molecule has 0 spiro atoms. The number of hydrogen-bond donors (Lipinski definition) is 1. The second-order valence-electron chi connectivity index (χ2n) is 8.01. The van der Waals surface area contributed by atoms with Crippen molar-refractivity contribution in [3.8, 4) is 17.6 Å². The third kappa shape index (κ3) is 7.66. The molecule has 0 saturated heterocycles. The summed E-state index contributed by atoms with van der Waals surface area (Å²) in [7, 11) is 0. The molecule has 0 saturated carbocycles. The number of ether oxygens (including phenoxy) is 2. The molecule has 3 rings (SSSR count). The Kier molecular flexibility index (Phi) is 10.3. The minimum atomic E-state index is -0.492. The second-order valence-corrected chi connectivity index (χ2v) is 8.85. The van der Waals surface area contributed by atoms with E-state index in [-0.39, 0.29) is 12.2 Å². The molecule has 0 radical (unpaired) electrons. The highest BCUT2D eigenvalue weighted by Gasteiger charge is 2.13. The first kappa shape index (κ1) is 27.9. The highest BCUT2D eigenvalue weighted by Crippen LogP contribution is 2.31. The second kappa shape index (κ2) is 13.6. The fourth-order valence-electron chi connectivity index (χ4n) is 3.65. The summed E-state index contributed by atoms with van der Waals surface area (Å²) in [6, 6.07) is 20.0. The standard InChI is InChI=1S/C29H29Cl2N3O3/c1-4-34(5-2)25-12-10-24(11-13-25)33-29(35)22(18-32)15-20-7-14-27(28(16-20)36-6-3)37-19-21-8-9-23(30)17-26(21)31/h7-17H,4-6,19H2,1-3H3,(H,33,35)/b22-15-. The van der Waals surface area contributed by atoms with Crippen LogP contribution >= 0.6 is 23.2 Å². The third-order valence-electron chi connectivity index (χ3n) is 5.60. The van der Waals surface area contributed by atoms with E-state index in [9.17, 15) is 10.1 Å². The molecular formula is C29H29Cl2N3O3. The molecule has 0 atom stereocenters. The van der Waals surface area contributed by atoms with Crippen molar-refractivity contribution < 1.29 is 14.3 Å². The van der Waals surface area contributed by atoms with Gasteiger partial charge >= 0.3 is 0 Å². The maximum absolute atomic E-state index is 12.8. The Morgan fingerprint density at radius 1 is 0.973 bits per heavy atom. The van der Waals surface area contributed by atoms with Gasteiger partial charge in [0.15, 0.2) is 11.5 Å². The van der Waals surface area contributed by atoms with Gasteiger partial charge in [0.1, 0.15) is 18.2 Å². The number of nitriles is 1. The monoisotopic (exact) mass is 537 g/mol. The number of amides is 1. The number of carbonyl (C=O) groups is 1. The van der Waals surface area contributed by atoms with E-state index in [1.807, 2.05) is 37.3 Å². The fraction of sp³-hybridized carbons (Fsp3) is 0.241. The van der Waals surface area contributed by atoms with Gasteiger partial charge in [0, 0.05) is 40.1 Å². The number of nitrogens with zero attached hydrogens (tertiary/aromatic N) is 2. The zero-order valence-electron chi connectivity index (χ0n) is 21.1. The summed E-state index contributed by atoms with van der Waals surface area (Å²) < 4.78 is 11.7. The molecule has 0 heterocycles. The molecular weight excluding hydrogens is 509 g/mol. The van der Waals surface area contributed by atoms with Crippen LogP contribution in [0.2, 0.25) is 10.0 Å². The molecule has 8 heteroatoms. The van der Waals surface area contributed by atoms with E-state index in [4.69, 9.17) is 32.7 Å². The summed E-state index contributed by atoms with van der Waals surface area (Å²) in [6.45, 7) is 8.48. The molecule has 0 aliphatic rings. The SMILES string of the molecule is CCOc1cc(/C=C(/C#N)C(=O)Nc2ccc(N(CC)CC)cc2)ccc1OCc1ccc(Cl)cc1Cl. The van der Waals surface area contributed by atoms with Crippen LogP contribution in [0.5, 0.6) is 11.5 Å². The van der Waals surface area contributed by atoms with Gasteiger partial charge in [0.2, 0.25) is 0 Å². The lowest BCUT2D eigenvalue weighted by Gasteiger charge is -2.21. The van der Waals surface area contributed by atoms with Gasteiger partial charge < -0.3 is 19.7 Å². The number of anilines is 2. The van der Waals surface area contributed by atoms with Gasteiger partial charge in [-0.3, -0.25) is 4.79 Å². The minimum Gasteiger partial charge on any atom is -0.490 e. The van der Waals surface area contributed by atoms with Crippen LogP contribution in [-0.4, -0.2) is 25.6 Å². The Morgan fingerprint density at radius 2 is 1.70 bits per heavy atom. The first-order valence-corrected chi connectivity index (χ1v) is 12.8. The highest BCUT2D eigenvalue weighted by atomic mass is 35.5. The molecule has 3 aromatic carbocycles. The predicted molar refractivity (Wildman–Crippen MR) is 151 cm³/mol. The van der Waals surface area contributed by atoms with Gasteiger partial charge in [-0.05, 0) is 80.9 Å². The predicted octanol–water partition coefficient (Wildman–Crippen LogP) is 7.36. The number of rotatable bonds is 11. The van der Waals surface area contributed by atoms with Gasteiger partial charge in [0.25, 0.3) is 5.91 Å². The average molecular weight is 538 g/mol. The smallest absolute Gasteiger partial charge is 0.266 e. The zero-order valence-corrected chi connectivity index (χ0v) is 22.6. The van der Waals surface area contributed by atoms with Crippen molar-refractivity contribution in [2.75, 3.05) is 29.9 Å². The summed E-state index contributed by atoms with van der Waals surface area (Å²) in [5.74, 6) is 0.515. The number of carbonyl (C=O) groups excluding carboxylic acids is 1. The largest absolute Gasteiger partial charge is 0.490 e. The van der Waals surface area contributed by atoms with Crippen LogP contribution in [0.4, 0.5) is 11.4 Å². The summed E-state index contributed by atoms with van der Waals surface area (Å²) >= 11 is 12.2. The van der Waals surface area contributed by atoms with E-state index in [1.54, 1.807) is 36.4 Å². The molecule has 0 unspecified atom stereocenters. The van der Waals surface area contributed by atoms with Gasteiger partial charge in [-0.1, -0.05) is 35.3 Å². The lowest BCUT2D eigenvalue weighted by molar-refractivity contribution is -0.112. The molecule has 0 aliphatic carbocycles. The molecule has 37 heavy (non-hydrogen) atoms. The van der Waals surface area contributed by atoms with Crippen LogP contribution in [0.15, 0.2) is 66.2 Å². The highest BCUT2D eigenvalue weighted by molar-refractivity contribution is 6.35. The van der Waals surface area contributed by atoms with E-state index < -0.39 is 5.91 Å². The van der Waals surface area contributed by atoms with Crippen molar-refractivity contribution in [2.45, 2.75) is 27.4 Å². The van der Waals surface area contributed by atoms with E-state index in [1.165, 1.54) is 6.08 Å². The molecule has 0 aromatic heterocycles. The van der Waals surface area contributed by atoms with Crippen molar-refractivity contribution in [1.82, 2.24) is 0 Å². The van der Waals surface area contributed by atoms with Crippen molar-refractivity contribution >= 4 is 46.6 Å². The average Bonchev–Trinajstić information content (AvgIpc) is 2.89. The van der Waals surface area contributed by atoms with Crippen LogP contribution in [0.25, 0.3) is 6.08 Å². The molecule has 1 amide bonds. The summed E-state index contributed by atoms with van der Waals surface area (Å²) in [6.07, 6.45) is 1.52. The van der Waals surface area contributed by atoms with Crippen LogP contribution < -0.4 is 19.7 Å². The first-order valence-electron chi connectivity index (χ1n) is 12.0. The molecule has 3 aromatic rings. The molecule has 6 nitrogen and oxygen atoms in total. The summed E-state index contributed by atoms with van der Waals surface area (Å²) in [5, 5.41) is 13.5. The maximum Gasteiger partial charge on any atom is 0.266 e. The topological polar surface area (TPSA) is 74.6 Å². The Bertz CT molecular complexity index is 1300. The Labute approximate surface area is 228 Å². The molecule has 0 fully saturated rings. The number of halogens is 2. The van der Waals surface area contributed by atoms with E-state index >= 15 is 0 Å². The molecule has 0 aliphatic heterocycles. The summed E-state index contributed by atoms with van der Waals surface area (Å²) in [4.78, 5) is 15.0. The van der Waals surface area contributed by atoms with Gasteiger partial charge in [-0.25, -0.2) is 0 Å². The van der Waals surface area contributed by atoms with E-state index in [0.717, 1.165) is 24.3 Å². The van der Waals surface area contributed by atoms with Crippen LogP contribution in [0, 0.1) is 11.3 Å². The number of hydrogen-bond acceptors (Lipinski definition) is 5. The number of benzene rings is 3. The molecule has 192 valence electrons. The van der Waals surface area contributed by atoms with E-state index in [0.29, 0.717) is 39.4 Å². The Hall–Kier alpha value is -3.66. The minimum absolute atomic E-state index is 0.0307. The summed E-state index contributed by atoms with van der Waals surface area (Å²) in [5.41, 5.74) is 3.07. The number of nitrogens with one attached hydrogen (secondary N) is 1. The lowest BCUT2D eigenvalue weighted by atomic mass is 10.1. The molecule has 1 N–H and O–H groups in total. The van der Waals surface area contributed by atoms with Crippen molar-refractivity contribution in [1.29, 1.82) is 5.26 Å². The maximum atomic E-state index is 12.8. The van der Waals surface area contributed by atoms with Crippen molar-refractivity contribution in [3.05, 3.63) is 87.4 Å². The quantitative estimate of drug-likeness (QED) is 0.204. The van der Waals surface area contributed by atoms with Crippen LogP contribution in [0.1, 0.15) is 31.9 Å². The molecule has 0 bridgehead atoms. The fourth-order valence-corrected chi connectivity index (χ4v) is 4.12. The van der Waals surface area contributed by atoms with Crippen LogP contribution in [-0.2, 0) is 11.4 Å². The van der Waals surface area contributed by atoms with Crippen LogP contribution in [0.3, 0.4) is 0 Å². The third-order valence-corrected chi connectivity index (χ3v) is 6.18. The van der Waals surface area contributed by atoms with Gasteiger partial charge in [-0.2, -0.15) is 5.26 Å². The first-order chi connectivity index (χ1) is 17.9. The zero-order chi connectivity index (χ0) is 26.8. The van der Waals surface area contributed by atoms with Gasteiger partial charge in [0.05, 0.1) is 6.61 Å². The Balaban J connectivity index is 1.75. The van der Waals surface area contributed by atoms with Crippen molar-refractivity contribution in [3.63, 3.8) is 0 Å². The Morgan fingerprint density at radius 3 is 2.32 bits per heavy atom. The lowest BCUT2D eigenvalue weighted by Crippen LogP contribution is -2.21. The van der Waals surface area contributed by atoms with E-state index in [2.05, 4.69) is 24.1 Å². The van der Waals surface area contributed by atoms with Crippen molar-refractivity contribution in [2.24, 2.45) is 0 Å². The normalized spacial score (nSPS) is 11.0. The van der Waals surface area contributed by atoms with Gasteiger partial charge in [-0.15, -0.1) is 0 Å².